The molecule has 0 unspecified atom stereocenters. The molecule has 98 valence electrons. The predicted octanol–water partition coefficient (Wildman–Crippen LogP) is 4.16. The minimum Gasteiger partial charge on any atom is -0.0984 e. The molecule has 0 saturated carbocycles. The largest absolute Gasteiger partial charge is 0.0984 e. The van der Waals surface area contributed by atoms with Gasteiger partial charge in [-0.2, -0.15) is 0 Å². The summed E-state index contributed by atoms with van der Waals surface area (Å²) >= 11 is 0. The highest BCUT2D eigenvalue weighted by Crippen LogP contribution is 2.25. The van der Waals surface area contributed by atoms with Gasteiger partial charge in [-0.15, -0.1) is 0 Å². The lowest BCUT2D eigenvalue weighted by molar-refractivity contribution is 1.50. The summed E-state index contributed by atoms with van der Waals surface area (Å²) in [5, 5.41) is 7.42. The summed E-state index contributed by atoms with van der Waals surface area (Å²) in [7, 11) is 0. The van der Waals surface area contributed by atoms with Crippen LogP contribution in [0, 0.1) is 6.92 Å². The van der Waals surface area contributed by atoms with Crippen LogP contribution in [0.3, 0.4) is 0 Å². The van der Waals surface area contributed by atoms with Gasteiger partial charge in [0, 0.05) is 0 Å². The number of aryl methyl sites for hydroxylation is 1. The predicted molar refractivity (Wildman–Crippen MR) is 91.2 cm³/mol. The van der Waals surface area contributed by atoms with Gasteiger partial charge in [0.1, 0.15) is 0 Å². The van der Waals surface area contributed by atoms with Gasteiger partial charge in [-0.25, -0.2) is 0 Å². The molecule has 0 nitrogen and oxygen atoms in total. The monoisotopic (exact) mass is 258 g/mol. The molecule has 0 aromatic heterocycles. The fraction of sp³-hybridized carbons (Fsp3) is 0.100. The second kappa shape index (κ2) is 4.64. The van der Waals surface area contributed by atoms with E-state index in [0.29, 0.717) is 0 Å². The molecule has 0 N–H and O–H groups in total. The molecule has 3 aromatic carbocycles. The molecule has 0 saturated heterocycles. The van der Waals surface area contributed by atoms with Crippen LogP contribution < -0.4 is 10.4 Å². The quantitative estimate of drug-likeness (QED) is 0.575. The molecular formula is C20H18. The van der Waals surface area contributed by atoms with Crippen LogP contribution >= 0.6 is 0 Å². The summed E-state index contributed by atoms with van der Waals surface area (Å²) in [6, 6.07) is 12.9. The fourth-order valence-electron chi connectivity index (χ4n) is 3.16. The Kier molecular flexibility index (Phi) is 2.94. The fourth-order valence-corrected chi connectivity index (χ4v) is 3.16. The Bertz CT molecular complexity index is 943. The van der Waals surface area contributed by atoms with Crippen molar-refractivity contribution >= 4 is 40.3 Å². The zero-order valence-corrected chi connectivity index (χ0v) is 12.0. The van der Waals surface area contributed by atoms with Crippen LogP contribution in [0.2, 0.25) is 0 Å². The van der Waals surface area contributed by atoms with Crippen LogP contribution in [0.4, 0.5) is 0 Å². The molecule has 3 rings (SSSR count). The van der Waals surface area contributed by atoms with E-state index in [1.165, 1.54) is 37.9 Å². The van der Waals surface area contributed by atoms with Crippen molar-refractivity contribution < 1.29 is 0 Å². The van der Waals surface area contributed by atoms with E-state index in [2.05, 4.69) is 69.5 Å². The Balaban J connectivity index is 2.82. The van der Waals surface area contributed by atoms with Gasteiger partial charge < -0.3 is 0 Å². The molecule has 20 heavy (non-hydrogen) atoms. The van der Waals surface area contributed by atoms with E-state index in [0.717, 1.165) is 5.22 Å². The molecule has 0 atom stereocenters. The third kappa shape index (κ3) is 1.61. The number of rotatable bonds is 1. The smallest absolute Gasteiger partial charge is 0.00301 e. The van der Waals surface area contributed by atoms with E-state index in [-0.39, 0.29) is 0 Å². The van der Waals surface area contributed by atoms with E-state index in [1.807, 2.05) is 6.08 Å². The molecule has 3 aromatic rings. The molecule has 0 aliphatic rings. The molecular weight excluding hydrogens is 240 g/mol. The maximum atomic E-state index is 4.34. The van der Waals surface area contributed by atoms with E-state index in [9.17, 15) is 0 Å². The molecule has 0 spiro atoms. The normalized spacial score (nSPS) is 12.2. The summed E-state index contributed by atoms with van der Waals surface area (Å²) in [4.78, 5) is 0. The minimum absolute atomic E-state index is 1.11. The Labute approximate surface area is 119 Å². The first-order chi connectivity index (χ1) is 9.69. The highest BCUT2D eigenvalue weighted by atomic mass is 14.1. The Morgan fingerprint density at radius 2 is 1.60 bits per heavy atom. The standard InChI is InChI=1S/C20H18/c1-5-15-10-8-12-18-17-11-7-9-13(3)19(17)14(4)16(6-2)20(15)18/h5-12H,1,4H2,2-3H3/b16-6-. The third-order valence-electron chi connectivity index (χ3n) is 4.06. The van der Waals surface area contributed by atoms with Crippen molar-refractivity contribution in [2.45, 2.75) is 13.8 Å². The van der Waals surface area contributed by atoms with E-state index >= 15 is 0 Å². The van der Waals surface area contributed by atoms with Crippen molar-refractivity contribution in [1.82, 2.24) is 0 Å². The van der Waals surface area contributed by atoms with E-state index in [1.54, 1.807) is 0 Å². The third-order valence-corrected chi connectivity index (χ3v) is 4.06. The van der Waals surface area contributed by atoms with Crippen LogP contribution in [-0.4, -0.2) is 0 Å². The average molecular weight is 258 g/mol. The highest BCUT2D eigenvalue weighted by Gasteiger charge is 2.08. The maximum absolute atomic E-state index is 4.34. The van der Waals surface area contributed by atoms with Crippen LogP contribution in [0.15, 0.2) is 43.0 Å². The zero-order chi connectivity index (χ0) is 14.3. The van der Waals surface area contributed by atoms with Crippen molar-refractivity contribution in [3.8, 4) is 0 Å². The zero-order valence-electron chi connectivity index (χ0n) is 12.0. The molecule has 0 amide bonds. The summed E-state index contributed by atoms with van der Waals surface area (Å²) in [6.45, 7) is 12.5. The molecule has 0 fully saturated rings. The molecule has 0 bridgehead atoms. The van der Waals surface area contributed by atoms with Gasteiger partial charge in [-0.05, 0) is 57.0 Å². The second-order valence-electron chi connectivity index (χ2n) is 5.15. The molecule has 0 heterocycles. The van der Waals surface area contributed by atoms with Crippen LogP contribution in [0.1, 0.15) is 18.1 Å². The molecule has 0 heteroatoms. The summed E-state index contributed by atoms with van der Waals surface area (Å²) in [6.07, 6.45) is 4.08. The minimum atomic E-state index is 1.11. The molecule has 0 aliphatic heterocycles. The topological polar surface area (TPSA) is 0 Å². The van der Waals surface area contributed by atoms with Gasteiger partial charge in [-0.3, -0.25) is 0 Å². The second-order valence-corrected chi connectivity index (χ2v) is 5.15. The van der Waals surface area contributed by atoms with Crippen molar-refractivity contribution in [3.05, 3.63) is 64.5 Å². The van der Waals surface area contributed by atoms with E-state index < -0.39 is 0 Å². The van der Waals surface area contributed by atoms with Gasteiger partial charge in [0.2, 0.25) is 0 Å². The number of benzene rings is 3. The Morgan fingerprint density at radius 3 is 2.25 bits per heavy atom. The van der Waals surface area contributed by atoms with Gasteiger partial charge >= 0.3 is 0 Å². The van der Waals surface area contributed by atoms with Crippen molar-refractivity contribution in [2.75, 3.05) is 0 Å². The number of fused-ring (bicyclic) bond motifs is 3. The summed E-state index contributed by atoms with van der Waals surface area (Å²) in [5.74, 6) is 0. The van der Waals surface area contributed by atoms with Crippen LogP contribution in [0.5, 0.6) is 0 Å². The number of hydrogen-bond donors (Lipinski definition) is 0. The Morgan fingerprint density at radius 1 is 0.950 bits per heavy atom. The van der Waals surface area contributed by atoms with Crippen LogP contribution in [-0.2, 0) is 0 Å². The summed E-state index contributed by atoms with van der Waals surface area (Å²) < 4.78 is 0. The highest BCUT2D eigenvalue weighted by molar-refractivity contribution is 6.11. The van der Waals surface area contributed by atoms with Crippen molar-refractivity contribution in [1.29, 1.82) is 0 Å². The van der Waals surface area contributed by atoms with Gasteiger partial charge in [0.15, 0.2) is 0 Å². The summed E-state index contributed by atoms with van der Waals surface area (Å²) in [5.41, 5.74) is 2.45. The number of hydrogen-bond acceptors (Lipinski definition) is 0. The van der Waals surface area contributed by atoms with Crippen molar-refractivity contribution in [3.63, 3.8) is 0 Å². The van der Waals surface area contributed by atoms with Gasteiger partial charge in [-0.1, -0.05) is 61.7 Å². The SMILES string of the molecule is C=Cc1cccc2c1/c(=C\C)c(=C)c1c(C)cccc12. The average Bonchev–Trinajstić information content (AvgIpc) is 2.47. The first-order valence-corrected chi connectivity index (χ1v) is 6.90. The lowest BCUT2D eigenvalue weighted by Gasteiger charge is -2.11. The van der Waals surface area contributed by atoms with E-state index in [4.69, 9.17) is 0 Å². The van der Waals surface area contributed by atoms with Gasteiger partial charge in [0.05, 0.1) is 0 Å². The Hall–Kier alpha value is -2.34. The molecule has 0 radical (unpaired) electrons. The first kappa shape index (κ1) is 12.7. The maximum Gasteiger partial charge on any atom is -0.00301 e. The first-order valence-electron chi connectivity index (χ1n) is 6.90. The molecule has 0 aliphatic carbocycles. The lowest BCUT2D eigenvalue weighted by atomic mass is 9.93. The lowest BCUT2D eigenvalue weighted by Crippen LogP contribution is -2.26. The van der Waals surface area contributed by atoms with Gasteiger partial charge in [0.25, 0.3) is 0 Å². The van der Waals surface area contributed by atoms with Crippen LogP contribution in [0.25, 0.3) is 40.3 Å². The van der Waals surface area contributed by atoms with Crippen molar-refractivity contribution in [2.24, 2.45) is 0 Å².